The largest absolute Gasteiger partial charge is 0.336 e. The Morgan fingerprint density at radius 1 is 1.17 bits per heavy atom. The Kier molecular flexibility index (Phi) is 5.50. The zero-order valence-electron chi connectivity index (χ0n) is 16.8. The number of benzene rings is 1. The minimum atomic E-state index is -0.243. The van der Waals surface area contributed by atoms with Crippen LogP contribution >= 0.6 is 11.6 Å². The van der Waals surface area contributed by atoms with Crippen molar-refractivity contribution in [2.24, 2.45) is 0 Å². The van der Waals surface area contributed by atoms with Crippen LogP contribution in [0.5, 0.6) is 0 Å². The van der Waals surface area contributed by atoms with Gasteiger partial charge in [-0.05, 0) is 53.4 Å². The Bertz CT molecular complexity index is 1130. The lowest BCUT2D eigenvalue weighted by molar-refractivity contribution is -0.118. The van der Waals surface area contributed by atoms with E-state index in [1.807, 2.05) is 25.2 Å². The molecule has 30 heavy (non-hydrogen) atoms. The topological polar surface area (TPSA) is 66.4 Å². The number of carbonyl (C=O) groups is 2. The van der Waals surface area contributed by atoms with Crippen LogP contribution < -0.4 is 4.90 Å². The Balaban J connectivity index is 1.55. The van der Waals surface area contributed by atoms with Crippen molar-refractivity contribution < 1.29 is 9.59 Å². The smallest absolute Gasteiger partial charge is 0.274 e. The highest BCUT2D eigenvalue weighted by molar-refractivity contribution is 6.33. The summed E-state index contributed by atoms with van der Waals surface area (Å²) in [6, 6.07) is 11.5. The third-order valence-corrected chi connectivity index (χ3v) is 5.58. The Labute approximate surface area is 180 Å². The first-order valence-electron chi connectivity index (χ1n) is 9.64. The molecule has 0 fully saturated rings. The number of carbonyl (C=O) groups excluding carboxylic acids is 2. The fourth-order valence-electron chi connectivity index (χ4n) is 3.64. The summed E-state index contributed by atoms with van der Waals surface area (Å²) in [6.07, 6.45) is 6.37. The number of aryl methyl sites for hydroxylation is 1. The van der Waals surface area contributed by atoms with Gasteiger partial charge in [0.1, 0.15) is 5.69 Å². The van der Waals surface area contributed by atoms with E-state index in [0.717, 1.165) is 34.4 Å². The minimum Gasteiger partial charge on any atom is -0.336 e. The predicted octanol–water partition coefficient (Wildman–Crippen LogP) is 3.98. The molecule has 0 unspecified atom stereocenters. The van der Waals surface area contributed by atoms with E-state index in [9.17, 15) is 9.59 Å². The lowest BCUT2D eigenvalue weighted by Gasteiger charge is -2.26. The second-order valence-corrected chi connectivity index (χ2v) is 7.78. The summed E-state index contributed by atoms with van der Waals surface area (Å²) in [5, 5.41) is 0.332. The van der Waals surface area contributed by atoms with Gasteiger partial charge >= 0.3 is 0 Å². The predicted molar refractivity (Wildman–Crippen MR) is 116 cm³/mol. The standard InChI is InChI=1S/C23H21ClN4O2/c1-27(23(30)22-19(24)4-3-9-26-22)14-15-10-18(13-25-12-15)16-5-7-20-17(11-16)6-8-21(29)28(20)2/h3-5,7,9-13H,6,8,14H2,1-2H3. The van der Waals surface area contributed by atoms with E-state index < -0.39 is 0 Å². The maximum absolute atomic E-state index is 12.7. The Morgan fingerprint density at radius 2 is 2.00 bits per heavy atom. The number of hydrogen-bond acceptors (Lipinski definition) is 4. The van der Waals surface area contributed by atoms with Crippen LogP contribution in [0.15, 0.2) is 55.0 Å². The van der Waals surface area contributed by atoms with Crippen molar-refractivity contribution in [3.63, 3.8) is 0 Å². The van der Waals surface area contributed by atoms with Crippen LogP contribution in [-0.4, -0.2) is 40.8 Å². The third kappa shape index (κ3) is 3.91. The summed E-state index contributed by atoms with van der Waals surface area (Å²) in [4.78, 5) is 36.3. The molecule has 0 saturated heterocycles. The molecule has 3 aromatic rings. The molecular weight excluding hydrogens is 400 g/mol. The van der Waals surface area contributed by atoms with Gasteiger partial charge in [0.15, 0.2) is 0 Å². The maximum Gasteiger partial charge on any atom is 0.274 e. The molecule has 0 spiro atoms. The van der Waals surface area contributed by atoms with Crippen molar-refractivity contribution in [3.05, 3.63) is 76.8 Å². The average Bonchev–Trinajstić information content (AvgIpc) is 2.76. The molecule has 4 rings (SSSR count). The van der Waals surface area contributed by atoms with E-state index in [0.29, 0.717) is 18.0 Å². The van der Waals surface area contributed by atoms with Gasteiger partial charge in [0.2, 0.25) is 5.91 Å². The van der Waals surface area contributed by atoms with Crippen molar-refractivity contribution in [2.75, 3.05) is 19.0 Å². The van der Waals surface area contributed by atoms with Gasteiger partial charge < -0.3 is 9.80 Å². The summed E-state index contributed by atoms with van der Waals surface area (Å²) in [5.74, 6) is -0.105. The number of halogens is 1. The normalized spacial score (nSPS) is 13.2. The van der Waals surface area contributed by atoms with E-state index in [1.165, 1.54) is 0 Å². The van der Waals surface area contributed by atoms with Gasteiger partial charge in [-0.3, -0.25) is 14.6 Å². The molecular formula is C23H21ClN4O2. The number of amides is 2. The summed E-state index contributed by atoms with van der Waals surface area (Å²) in [7, 11) is 3.52. The summed E-state index contributed by atoms with van der Waals surface area (Å²) in [5.41, 5.74) is 5.24. The van der Waals surface area contributed by atoms with Crippen LogP contribution in [0, 0.1) is 0 Å². The van der Waals surface area contributed by atoms with E-state index >= 15 is 0 Å². The number of fused-ring (bicyclic) bond motifs is 1. The summed E-state index contributed by atoms with van der Waals surface area (Å²) < 4.78 is 0. The summed E-state index contributed by atoms with van der Waals surface area (Å²) >= 11 is 6.10. The second-order valence-electron chi connectivity index (χ2n) is 7.37. The molecule has 0 aliphatic carbocycles. The number of aromatic nitrogens is 2. The monoisotopic (exact) mass is 420 g/mol. The minimum absolute atomic E-state index is 0.139. The number of hydrogen-bond donors (Lipinski definition) is 0. The molecule has 0 N–H and O–H groups in total. The first-order chi connectivity index (χ1) is 14.4. The Morgan fingerprint density at radius 3 is 2.80 bits per heavy atom. The van der Waals surface area contributed by atoms with Crippen LogP contribution in [-0.2, 0) is 17.8 Å². The van der Waals surface area contributed by atoms with E-state index in [2.05, 4.69) is 16.0 Å². The number of rotatable bonds is 4. The number of pyridine rings is 2. The van der Waals surface area contributed by atoms with Gasteiger partial charge in [0.25, 0.3) is 5.91 Å². The highest BCUT2D eigenvalue weighted by Crippen LogP contribution is 2.31. The van der Waals surface area contributed by atoms with Crippen LogP contribution in [0.25, 0.3) is 11.1 Å². The molecule has 7 heteroatoms. The van der Waals surface area contributed by atoms with Crippen LogP contribution in [0.4, 0.5) is 5.69 Å². The molecule has 1 aliphatic rings. The molecule has 0 radical (unpaired) electrons. The van der Waals surface area contributed by atoms with Gasteiger partial charge in [-0.25, -0.2) is 4.98 Å². The van der Waals surface area contributed by atoms with Crippen molar-refractivity contribution in [1.29, 1.82) is 0 Å². The molecule has 1 aliphatic heterocycles. The summed E-state index contributed by atoms with van der Waals surface area (Å²) in [6.45, 7) is 0.384. The van der Waals surface area contributed by atoms with E-state index in [1.54, 1.807) is 47.6 Å². The van der Waals surface area contributed by atoms with Crippen LogP contribution in [0.3, 0.4) is 0 Å². The van der Waals surface area contributed by atoms with Crippen LogP contribution in [0.2, 0.25) is 5.02 Å². The molecule has 3 heterocycles. The number of anilines is 1. The van der Waals surface area contributed by atoms with Crippen molar-refractivity contribution in [3.8, 4) is 11.1 Å². The highest BCUT2D eigenvalue weighted by Gasteiger charge is 2.21. The zero-order valence-corrected chi connectivity index (χ0v) is 17.6. The number of nitrogens with zero attached hydrogens (tertiary/aromatic N) is 4. The zero-order chi connectivity index (χ0) is 21.3. The van der Waals surface area contributed by atoms with Gasteiger partial charge in [-0.1, -0.05) is 17.7 Å². The molecule has 2 aromatic heterocycles. The lowest BCUT2D eigenvalue weighted by atomic mass is 9.96. The maximum atomic E-state index is 12.7. The molecule has 152 valence electrons. The molecule has 0 atom stereocenters. The van der Waals surface area contributed by atoms with Crippen molar-refractivity contribution >= 4 is 29.1 Å². The molecule has 0 bridgehead atoms. The second kappa shape index (κ2) is 8.24. The molecule has 1 aromatic carbocycles. The van der Waals surface area contributed by atoms with Gasteiger partial charge in [-0.2, -0.15) is 0 Å². The van der Waals surface area contributed by atoms with E-state index in [4.69, 9.17) is 11.6 Å². The fraction of sp³-hybridized carbons (Fsp3) is 0.217. The lowest BCUT2D eigenvalue weighted by Crippen LogP contribution is -2.30. The van der Waals surface area contributed by atoms with Crippen LogP contribution in [0.1, 0.15) is 28.0 Å². The van der Waals surface area contributed by atoms with E-state index in [-0.39, 0.29) is 17.5 Å². The average molecular weight is 421 g/mol. The molecule has 0 saturated carbocycles. The SMILES string of the molecule is CN(Cc1cncc(-c2ccc3c(c2)CCC(=O)N3C)c1)C(=O)c1ncccc1Cl. The molecule has 6 nitrogen and oxygen atoms in total. The Hall–Kier alpha value is -3.25. The quantitative estimate of drug-likeness (QED) is 0.640. The van der Waals surface area contributed by atoms with Crippen molar-refractivity contribution in [1.82, 2.24) is 14.9 Å². The fourth-order valence-corrected chi connectivity index (χ4v) is 3.84. The highest BCUT2D eigenvalue weighted by atomic mass is 35.5. The van der Waals surface area contributed by atoms with Gasteiger partial charge in [0, 0.05) is 56.9 Å². The molecule has 2 amide bonds. The first kappa shape index (κ1) is 20.0. The first-order valence-corrected chi connectivity index (χ1v) is 10.0. The van der Waals surface area contributed by atoms with Gasteiger partial charge in [-0.15, -0.1) is 0 Å². The van der Waals surface area contributed by atoms with Gasteiger partial charge in [0.05, 0.1) is 5.02 Å². The third-order valence-electron chi connectivity index (χ3n) is 5.28. The van der Waals surface area contributed by atoms with Crippen molar-refractivity contribution in [2.45, 2.75) is 19.4 Å².